The van der Waals surface area contributed by atoms with Gasteiger partial charge in [-0.1, -0.05) is 18.2 Å². The van der Waals surface area contributed by atoms with Gasteiger partial charge in [0.05, 0.1) is 17.1 Å². The van der Waals surface area contributed by atoms with Gasteiger partial charge in [0.15, 0.2) is 0 Å². The number of hydrogen-bond acceptors (Lipinski definition) is 5. The van der Waals surface area contributed by atoms with Crippen LogP contribution in [-0.4, -0.2) is 33.5 Å². The van der Waals surface area contributed by atoms with E-state index in [-0.39, 0.29) is 5.56 Å². The van der Waals surface area contributed by atoms with Crippen LogP contribution in [0.15, 0.2) is 63.1 Å². The molecule has 0 saturated heterocycles. The third-order valence-electron chi connectivity index (χ3n) is 5.08. The third-order valence-corrected chi connectivity index (χ3v) is 5.08. The van der Waals surface area contributed by atoms with Crippen molar-refractivity contribution in [1.82, 2.24) is 9.55 Å². The molecule has 2 aromatic carbocycles. The summed E-state index contributed by atoms with van der Waals surface area (Å²) in [5.41, 5.74) is 1.91. The van der Waals surface area contributed by atoms with Crippen molar-refractivity contribution in [2.24, 2.45) is 4.99 Å². The van der Waals surface area contributed by atoms with E-state index in [1.54, 1.807) is 19.1 Å². The third kappa shape index (κ3) is 4.05. The normalized spacial score (nSPS) is 11.5. The number of aliphatic imine (C=N–C) groups is 1. The van der Waals surface area contributed by atoms with Gasteiger partial charge in [0, 0.05) is 18.8 Å². The van der Waals surface area contributed by atoms with Gasteiger partial charge in [0.2, 0.25) is 5.88 Å². The Hall–Kier alpha value is -3.61. The Bertz CT molecular complexity index is 1190. The molecule has 30 heavy (non-hydrogen) atoms. The molecule has 0 saturated carbocycles. The summed E-state index contributed by atoms with van der Waals surface area (Å²) in [7, 11) is 0. The lowest BCUT2D eigenvalue weighted by Gasteiger charge is -2.20. The summed E-state index contributed by atoms with van der Waals surface area (Å²) in [4.78, 5) is 33.9. The van der Waals surface area contributed by atoms with Crippen LogP contribution in [0.4, 0.5) is 11.4 Å². The monoisotopic (exact) mass is 406 g/mol. The number of benzene rings is 2. The van der Waals surface area contributed by atoms with E-state index in [1.165, 1.54) is 0 Å². The highest BCUT2D eigenvalue weighted by Crippen LogP contribution is 2.23. The summed E-state index contributed by atoms with van der Waals surface area (Å²) < 4.78 is 1.09. The van der Waals surface area contributed by atoms with E-state index in [2.05, 4.69) is 28.7 Å². The number of hydrogen-bond donors (Lipinski definition) is 2. The molecule has 0 aliphatic heterocycles. The first-order chi connectivity index (χ1) is 14.4. The molecule has 0 atom stereocenters. The second-order valence-electron chi connectivity index (χ2n) is 6.97. The standard InChI is InChI=1S/C23H26N4O3/c1-5-26(6-2)18-13-11-17(12-14-18)24-16(4)20-21(28)25-23(30)27(22(20)29)19-10-8-7-9-15(19)3/h7-14,29H,5-6H2,1-4H3,(H,25,28,30). The average molecular weight is 406 g/mol. The molecule has 3 aromatic rings. The molecule has 1 heterocycles. The lowest BCUT2D eigenvalue weighted by Crippen LogP contribution is -2.33. The van der Waals surface area contributed by atoms with Crippen LogP contribution in [0.1, 0.15) is 31.9 Å². The number of aromatic nitrogens is 2. The van der Waals surface area contributed by atoms with E-state index in [4.69, 9.17) is 0 Å². The summed E-state index contributed by atoms with van der Waals surface area (Å²) in [6.45, 7) is 9.46. The van der Waals surface area contributed by atoms with Crippen molar-refractivity contribution in [2.75, 3.05) is 18.0 Å². The minimum absolute atomic E-state index is 0.0364. The number of nitrogens with one attached hydrogen (secondary N) is 1. The van der Waals surface area contributed by atoms with Crippen molar-refractivity contribution < 1.29 is 5.11 Å². The molecule has 0 fully saturated rings. The Morgan fingerprint density at radius 2 is 1.70 bits per heavy atom. The van der Waals surface area contributed by atoms with Crippen LogP contribution >= 0.6 is 0 Å². The van der Waals surface area contributed by atoms with Crippen molar-refractivity contribution in [2.45, 2.75) is 27.7 Å². The van der Waals surface area contributed by atoms with Crippen molar-refractivity contribution in [3.8, 4) is 11.6 Å². The Labute approximate surface area is 175 Å². The molecule has 0 amide bonds. The number of rotatable bonds is 6. The van der Waals surface area contributed by atoms with E-state index < -0.39 is 17.1 Å². The minimum atomic E-state index is -0.702. The van der Waals surface area contributed by atoms with E-state index >= 15 is 0 Å². The molecule has 1 aromatic heterocycles. The zero-order valence-corrected chi connectivity index (χ0v) is 17.6. The summed E-state index contributed by atoms with van der Waals surface area (Å²) in [5.74, 6) is -0.431. The van der Waals surface area contributed by atoms with Gasteiger partial charge in [-0.15, -0.1) is 0 Å². The first-order valence-corrected chi connectivity index (χ1v) is 9.92. The first-order valence-electron chi connectivity index (χ1n) is 9.92. The zero-order chi connectivity index (χ0) is 21.8. The number of H-pyrrole nitrogens is 1. The van der Waals surface area contributed by atoms with Gasteiger partial charge in [-0.3, -0.25) is 14.8 Å². The van der Waals surface area contributed by atoms with Gasteiger partial charge < -0.3 is 10.0 Å². The Morgan fingerprint density at radius 3 is 2.30 bits per heavy atom. The number of anilines is 1. The maximum Gasteiger partial charge on any atom is 0.335 e. The van der Waals surface area contributed by atoms with Crippen LogP contribution in [0.2, 0.25) is 0 Å². The Balaban J connectivity index is 2.07. The lowest BCUT2D eigenvalue weighted by atomic mass is 10.1. The predicted octanol–water partition coefficient (Wildman–Crippen LogP) is 3.53. The Kier molecular flexibility index (Phi) is 6.20. The van der Waals surface area contributed by atoms with E-state index in [0.29, 0.717) is 17.1 Å². The van der Waals surface area contributed by atoms with E-state index in [1.807, 2.05) is 43.3 Å². The lowest BCUT2D eigenvalue weighted by molar-refractivity contribution is 0.429. The van der Waals surface area contributed by atoms with Crippen LogP contribution in [-0.2, 0) is 0 Å². The predicted molar refractivity (Wildman–Crippen MR) is 121 cm³/mol. The Morgan fingerprint density at radius 1 is 1.07 bits per heavy atom. The van der Waals surface area contributed by atoms with Crippen molar-refractivity contribution >= 4 is 17.1 Å². The molecule has 0 aliphatic rings. The number of nitrogens with zero attached hydrogens (tertiary/aromatic N) is 3. The maximum atomic E-state index is 12.5. The highest BCUT2D eigenvalue weighted by atomic mass is 16.3. The van der Waals surface area contributed by atoms with Gasteiger partial charge in [0.25, 0.3) is 5.56 Å². The summed E-state index contributed by atoms with van der Waals surface area (Å²) in [6, 6.07) is 14.8. The molecule has 0 spiro atoms. The topological polar surface area (TPSA) is 90.7 Å². The smallest absolute Gasteiger partial charge is 0.335 e. The zero-order valence-electron chi connectivity index (χ0n) is 17.6. The summed E-state index contributed by atoms with van der Waals surface area (Å²) in [6.07, 6.45) is 0. The van der Waals surface area contributed by atoms with Crippen LogP contribution in [0.3, 0.4) is 0 Å². The van der Waals surface area contributed by atoms with Gasteiger partial charge in [-0.2, -0.15) is 0 Å². The van der Waals surface area contributed by atoms with Gasteiger partial charge >= 0.3 is 5.69 Å². The average Bonchev–Trinajstić information content (AvgIpc) is 2.71. The molecule has 0 bridgehead atoms. The van der Waals surface area contributed by atoms with Crippen LogP contribution < -0.4 is 16.1 Å². The summed E-state index contributed by atoms with van der Waals surface area (Å²) >= 11 is 0. The molecule has 2 N–H and O–H groups in total. The molecular formula is C23H26N4O3. The highest BCUT2D eigenvalue weighted by molar-refractivity contribution is 6.01. The highest BCUT2D eigenvalue weighted by Gasteiger charge is 2.18. The molecule has 3 rings (SSSR count). The fourth-order valence-corrected chi connectivity index (χ4v) is 3.47. The van der Waals surface area contributed by atoms with E-state index in [0.717, 1.165) is 28.9 Å². The van der Waals surface area contributed by atoms with Crippen molar-refractivity contribution in [3.05, 3.63) is 80.5 Å². The number of aromatic amines is 1. The molecule has 0 aliphatic carbocycles. The molecule has 7 nitrogen and oxygen atoms in total. The van der Waals surface area contributed by atoms with Crippen LogP contribution in [0.5, 0.6) is 5.88 Å². The van der Waals surface area contributed by atoms with Crippen molar-refractivity contribution in [3.63, 3.8) is 0 Å². The van der Waals surface area contributed by atoms with Gasteiger partial charge in [-0.25, -0.2) is 9.36 Å². The molecular weight excluding hydrogens is 380 g/mol. The summed E-state index contributed by atoms with van der Waals surface area (Å²) in [5, 5.41) is 10.8. The SMILES string of the molecule is CCN(CC)c1ccc(N=C(C)c2c(O)n(-c3ccccc3C)c(=O)[nH]c2=O)cc1. The second-order valence-corrected chi connectivity index (χ2v) is 6.97. The molecule has 7 heteroatoms. The second kappa shape index (κ2) is 8.82. The largest absolute Gasteiger partial charge is 0.493 e. The van der Waals surface area contributed by atoms with Gasteiger partial charge in [0.1, 0.15) is 5.56 Å². The number of aromatic hydroxyl groups is 1. The molecule has 0 unspecified atom stereocenters. The van der Waals surface area contributed by atoms with Gasteiger partial charge in [-0.05, 0) is 63.6 Å². The van der Waals surface area contributed by atoms with E-state index in [9.17, 15) is 14.7 Å². The first kappa shape index (κ1) is 21.1. The molecule has 0 radical (unpaired) electrons. The van der Waals surface area contributed by atoms with Crippen LogP contribution in [0.25, 0.3) is 5.69 Å². The fraction of sp³-hybridized carbons (Fsp3) is 0.261. The number of para-hydroxylation sites is 1. The molecule has 156 valence electrons. The minimum Gasteiger partial charge on any atom is -0.493 e. The fourth-order valence-electron chi connectivity index (χ4n) is 3.47. The number of aryl methyl sites for hydroxylation is 1. The quantitative estimate of drug-likeness (QED) is 0.613. The van der Waals surface area contributed by atoms with Crippen LogP contribution in [0, 0.1) is 6.92 Å². The maximum absolute atomic E-state index is 12.5. The van der Waals surface area contributed by atoms with Crippen molar-refractivity contribution in [1.29, 1.82) is 0 Å².